The van der Waals surface area contributed by atoms with Crippen LogP contribution in [0.3, 0.4) is 0 Å². The summed E-state index contributed by atoms with van der Waals surface area (Å²) < 4.78 is 64.9. The number of aromatic nitrogens is 6. The summed E-state index contributed by atoms with van der Waals surface area (Å²) in [6, 6.07) is 15.8. The Morgan fingerprint density at radius 1 is 0.759 bits per heavy atom. The van der Waals surface area contributed by atoms with Crippen molar-refractivity contribution in [3.63, 3.8) is 0 Å². The van der Waals surface area contributed by atoms with Gasteiger partial charge < -0.3 is 37.9 Å². The summed E-state index contributed by atoms with van der Waals surface area (Å²) in [6.07, 6.45) is 18.6. The van der Waals surface area contributed by atoms with Crippen LogP contribution in [0.4, 0.5) is 11.4 Å². The van der Waals surface area contributed by atoms with Gasteiger partial charge in [-0.05, 0) is 84.9 Å². The first-order valence-electron chi connectivity index (χ1n) is 28.5. The van der Waals surface area contributed by atoms with E-state index in [1.54, 1.807) is 35.7 Å². The number of aliphatic carboxylic acids is 1. The molecular weight excluding hydrogens is 1070 g/mol. The molecule has 83 heavy (non-hydrogen) atoms. The predicted molar refractivity (Wildman–Crippen MR) is 324 cm³/mol. The largest absolute Gasteiger partial charge is 0.481 e. The number of aryl methyl sites for hydroxylation is 2. The van der Waals surface area contributed by atoms with Gasteiger partial charge in [0.1, 0.15) is 11.4 Å². The average molecular weight is 1160 g/mol. The molecule has 2 aliphatic heterocycles. The van der Waals surface area contributed by atoms with Crippen molar-refractivity contribution < 1.29 is 55.4 Å². The first-order valence-corrected chi connectivity index (χ1v) is 29.9. The number of hydrogen-bond donors (Lipinski definition) is 2. The van der Waals surface area contributed by atoms with Gasteiger partial charge in [0, 0.05) is 68.1 Å². The SMILES string of the molecule is COCCOCc1cn(Cc2cc(CCC(=O)O)cc(Cn3cc(COCCOC)nn3)c2C(=C\C=C\C2=[N+](CCC[N+](C)(C)C)c3ccc(S(=O)(=O)O)cc3C2(C)C)/C=C/C=C2/N(CCC[N+](C)(C)C)c3ccc(C)cc3C2(C)C)nn1. The monoisotopic (exact) mass is 1160 g/mol. The van der Waals surface area contributed by atoms with Crippen molar-refractivity contribution in [3.8, 4) is 0 Å². The van der Waals surface area contributed by atoms with Crippen molar-refractivity contribution >= 4 is 38.7 Å². The standard InChI is InChI=1S/C63H87N10O9S/c1-46-22-25-56-54(36-46)62(2,3)58(70(56)28-16-30-72(6,7)8)20-14-18-48(19-15-21-59-63(4,5)55-39-53(83(76,77)78)24-26-57(55)71(59)29-17-31-73(9,10)11)61-49(40-68-42-51(64-66-68)44-81-34-32-79-12)37-47(23-27-60(74)75)38-50(61)41-69-43-52(65-67-69)45-82-35-33-80-13/h14-15,18-22,24-26,36-39,42-43H,16-17,23,27-35,40-41,44-45H2,1-13H3/q+1/p+2. The van der Waals surface area contributed by atoms with Crippen LogP contribution < -0.4 is 4.90 Å². The highest BCUT2D eigenvalue weighted by molar-refractivity contribution is 7.85. The number of quaternary nitrogens is 2. The molecule has 20 heteroatoms. The summed E-state index contributed by atoms with van der Waals surface area (Å²) in [4.78, 5) is 14.5. The number of hydrogen-bond acceptors (Lipinski definition) is 12. The highest BCUT2D eigenvalue weighted by Crippen LogP contribution is 2.48. The van der Waals surface area contributed by atoms with E-state index in [4.69, 9.17) is 18.9 Å². The molecule has 5 aromatic rings. The minimum Gasteiger partial charge on any atom is -0.481 e. The van der Waals surface area contributed by atoms with Gasteiger partial charge in [0.05, 0.1) is 137 Å². The second-order valence-corrected chi connectivity index (χ2v) is 26.3. The molecular formula is C63H89N10O9S+3. The molecule has 2 aromatic heterocycles. The van der Waals surface area contributed by atoms with Crippen LogP contribution in [0, 0.1) is 6.92 Å². The molecule has 19 nitrogen and oxygen atoms in total. The number of nitrogens with zero attached hydrogens (tertiary/aromatic N) is 10. The average Bonchev–Trinajstić information content (AvgIpc) is 2.60. The second-order valence-electron chi connectivity index (χ2n) is 24.8. The van der Waals surface area contributed by atoms with Gasteiger partial charge in [-0.1, -0.05) is 78.4 Å². The molecule has 4 heterocycles. The zero-order valence-electron chi connectivity index (χ0n) is 51.2. The van der Waals surface area contributed by atoms with E-state index in [2.05, 4.69) is 174 Å². The summed E-state index contributed by atoms with van der Waals surface area (Å²) in [7, 11) is 12.0. The molecule has 3 aromatic carbocycles. The van der Waals surface area contributed by atoms with Crippen molar-refractivity contribution in [3.05, 3.63) is 153 Å². The fourth-order valence-electron chi connectivity index (χ4n) is 11.0. The van der Waals surface area contributed by atoms with Crippen LogP contribution in [0.1, 0.15) is 97.3 Å². The van der Waals surface area contributed by atoms with Gasteiger partial charge >= 0.3 is 5.97 Å². The van der Waals surface area contributed by atoms with E-state index in [0.29, 0.717) is 44.4 Å². The molecule has 0 aliphatic carbocycles. The number of benzene rings is 3. The van der Waals surface area contributed by atoms with Crippen LogP contribution in [0.2, 0.25) is 0 Å². The Hall–Kier alpha value is -6.49. The van der Waals surface area contributed by atoms with Crippen LogP contribution in [0.15, 0.2) is 108 Å². The maximum Gasteiger partial charge on any atom is 0.303 e. The van der Waals surface area contributed by atoms with Crippen molar-refractivity contribution in [2.24, 2.45) is 0 Å². The van der Waals surface area contributed by atoms with Gasteiger partial charge in [-0.15, -0.1) is 10.2 Å². The molecule has 2 aliphatic rings. The highest BCUT2D eigenvalue weighted by atomic mass is 32.2. The lowest BCUT2D eigenvalue weighted by Crippen LogP contribution is -2.37. The van der Waals surface area contributed by atoms with Gasteiger partial charge in [-0.3, -0.25) is 9.35 Å². The number of methoxy groups -OCH3 is 2. The van der Waals surface area contributed by atoms with Crippen LogP contribution in [0.25, 0.3) is 5.57 Å². The lowest BCUT2D eigenvalue weighted by atomic mass is 9.81. The topological polar surface area (TPSA) is 196 Å². The molecule has 0 radical (unpaired) electrons. The second kappa shape index (κ2) is 27.5. The van der Waals surface area contributed by atoms with E-state index < -0.39 is 21.5 Å². The minimum absolute atomic E-state index is 0.0769. The number of carbonyl (C=O) groups is 1. The van der Waals surface area contributed by atoms with Crippen molar-refractivity contribution in [1.82, 2.24) is 30.0 Å². The third-order valence-corrected chi connectivity index (χ3v) is 16.0. The van der Waals surface area contributed by atoms with Crippen molar-refractivity contribution in [2.75, 3.05) is 114 Å². The maximum absolute atomic E-state index is 12.6. The van der Waals surface area contributed by atoms with Crippen molar-refractivity contribution in [1.29, 1.82) is 0 Å². The Labute approximate surface area is 491 Å². The fourth-order valence-corrected chi connectivity index (χ4v) is 11.5. The quantitative estimate of drug-likeness (QED) is 0.0141. The predicted octanol–water partition coefficient (Wildman–Crippen LogP) is 8.31. The molecule has 0 saturated carbocycles. The molecule has 0 unspecified atom stereocenters. The normalized spacial score (nSPS) is 15.9. The van der Waals surface area contributed by atoms with E-state index in [0.717, 1.165) is 86.2 Å². The number of rotatable bonds is 31. The summed E-state index contributed by atoms with van der Waals surface area (Å²) in [5.74, 6) is -0.906. The number of carboxylic acids is 1. The summed E-state index contributed by atoms with van der Waals surface area (Å²) in [5.41, 5.74) is 12.1. The Morgan fingerprint density at radius 3 is 1.93 bits per heavy atom. The molecule has 0 amide bonds. The third kappa shape index (κ3) is 17.1. The summed E-state index contributed by atoms with van der Waals surface area (Å²) >= 11 is 0. The molecule has 2 N–H and O–H groups in total. The van der Waals surface area contributed by atoms with Gasteiger partial charge in [-0.2, -0.15) is 13.0 Å². The smallest absolute Gasteiger partial charge is 0.303 e. The number of ether oxygens (including phenoxy) is 4. The van der Waals surface area contributed by atoms with E-state index in [-0.39, 0.29) is 49.5 Å². The number of carboxylic acid groups (broad SMARTS) is 1. The first-order chi connectivity index (χ1) is 39.2. The zero-order valence-corrected chi connectivity index (χ0v) is 52.0. The fraction of sp³-hybridized carbons (Fsp3) is 0.492. The first kappa shape index (κ1) is 64.1. The molecule has 448 valence electrons. The lowest BCUT2D eigenvalue weighted by Gasteiger charge is -2.29. The Morgan fingerprint density at radius 2 is 1.36 bits per heavy atom. The van der Waals surface area contributed by atoms with E-state index in [1.165, 1.54) is 28.6 Å². The molecule has 0 spiro atoms. The van der Waals surface area contributed by atoms with Gasteiger partial charge in [0.2, 0.25) is 5.69 Å². The van der Waals surface area contributed by atoms with Gasteiger partial charge in [0.15, 0.2) is 12.3 Å². The molecule has 0 bridgehead atoms. The van der Waals surface area contributed by atoms with Gasteiger partial charge in [0.25, 0.3) is 10.1 Å². The molecule has 0 atom stereocenters. The van der Waals surface area contributed by atoms with Crippen LogP contribution >= 0.6 is 0 Å². The van der Waals surface area contributed by atoms with E-state index >= 15 is 0 Å². The molecule has 0 fully saturated rings. The highest BCUT2D eigenvalue weighted by Gasteiger charge is 2.45. The Bertz CT molecular complexity index is 3280. The zero-order chi connectivity index (χ0) is 60.3. The number of fused-ring (bicyclic) bond motifs is 2. The van der Waals surface area contributed by atoms with Crippen LogP contribution in [0.5, 0.6) is 0 Å². The molecule has 0 saturated heterocycles. The van der Waals surface area contributed by atoms with Crippen LogP contribution in [-0.2, 0) is 77.4 Å². The van der Waals surface area contributed by atoms with Crippen LogP contribution in [-0.4, -0.2) is 182 Å². The Balaban J connectivity index is 1.46. The maximum atomic E-state index is 12.6. The van der Waals surface area contributed by atoms with E-state index in [1.807, 2.05) is 12.4 Å². The number of anilines is 1. The van der Waals surface area contributed by atoms with E-state index in [9.17, 15) is 22.9 Å². The van der Waals surface area contributed by atoms with Gasteiger partial charge in [-0.25, -0.2) is 9.36 Å². The summed E-state index contributed by atoms with van der Waals surface area (Å²) in [6.45, 7) is 17.0. The Kier molecular flexibility index (Phi) is 21.2. The molecule has 7 rings (SSSR count). The summed E-state index contributed by atoms with van der Waals surface area (Å²) in [5, 5.41) is 28.1. The number of allylic oxidation sites excluding steroid dienone is 8. The lowest BCUT2D eigenvalue weighted by molar-refractivity contribution is -0.871. The third-order valence-electron chi connectivity index (χ3n) is 15.2. The minimum atomic E-state index is -4.48. The van der Waals surface area contributed by atoms with Crippen molar-refractivity contribution in [2.45, 2.75) is 102 Å².